The second-order valence-corrected chi connectivity index (χ2v) is 7.90. The largest absolute Gasteiger partial charge is 0.378 e. The lowest BCUT2D eigenvalue weighted by molar-refractivity contribution is -2.00. The van der Waals surface area contributed by atoms with Gasteiger partial charge in [-0.3, -0.25) is 4.79 Å². The minimum atomic E-state index is -4.94. The number of amides is 1. The maximum Gasteiger partial charge on any atom is 0.319 e. The third-order valence-electron chi connectivity index (χ3n) is 4.84. The summed E-state index contributed by atoms with van der Waals surface area (Å²) in [6, 6.07) is 10.8. The van der Waals surface area contributed by atoms with Crippen molar-refractivity contribution < 1.29 is 38.2 Å². The van der Waals surface area contributed by atoms with Crippen molar-refractivity contribution in [2.45, 2.75) is 19.8 Å². The van der Waals surface area contributed by atoms with Crippen molar-refractivity contribution >= 4 is 17.2 Å². The average molecular weight is 452 g/mol. The SMILES string of the molecule is CNC(=O)c1ncn2c(CCc3ccc(N(C)C)cc3)cc(C)[n+](C)c12.[O-][Cl+3]([O-])([O-])[O-]. The highest BCUT2D eigenvalue weighted by Gasteiger charge is 2.24. The molecule has 0 bridgehead atoms. The predicted molar refractivity (Wildman–Crippen MR) is 103 cm³/mol. The van der Waals surface area contributed by atoms with Crippen LogP contribution < -0.4 is 33.4 Å². The molecule has 0 saturated carbocycles. The summed E-state index contributed by atoms with van der Waals surface area (Å²) in [4.78, 5) is 18.6. The van der Waals surface area contributed by atoms with Crippen LogP contribution in [-0.2, 0) is 19.9 Å². The van der Waals surface area contributed by atoms with Crippen LogP contribution in [0.15, 0.2) is 36.7 Å². The van der Waals surface area contributed by atoms with Gasteiger partial charge in [-0.1, -0.05) is 12.1 Å². The number of benzene rings is 1. The van der Waals surface area contributed by atoms with Gasteiger partial charge < -0.3 is 10.2 Å². The van der Waals surface area contributed by atoms with Crippen LogP contribution in [0.25, 0.3) is 5.65 Å². The number of halogens is 1. The quantitative estimate of drug-likeness (QED) is 0.405. The number of aryl methyl sites for hydroxylation is 4. The van der Waals surface area contributed by atoms with Crippen LogP contribution in [0.2, 0.25) is 0 Å². The average Bonchev–Trinajstić information content (AvgIpc) is 3.13. The number of fused-ring (bicyclic) bond motifs is 1. The molecule has 1 N–H and O–H groups in total. The standard InChI is InChI=1S/C20H25N5O.ClHO4/c1-14-12-17(11-8-15-6-9-16(10-7-15)23(3)4)25-13-22-18(19(26)21-2)20(25)24(14)5;2-1(3,4)5/h6-7,9-10,12-13H,8,11H2,1-5H3;(H,2,3,4,5). The van der Waals surface area contributed by atoms with Crippen LogP contribution in [-0.4, -0.2) is 36.4 Å². The van der Waals surface area contributed by atoms with E-state index in [1.165, 1.54) is 11.3 Å². The van der Waals surface area contributed by atoms with Crippen molar-refractivity contribution in [2.75, 3.05) is 26.0 Å². The third kappa shape index (κ3) is 6.61. The highest BCUT2D eigenvalue weighted by Crippen LogP contribution is 2.16. The maximum atomic E-state index is 12.1. The fourth-order valence-electron chi connectivity index (χ4n) is 3.15. The number of rotatable bonds is 5. The van der Waals surface area contributed by atoms with Gasteiger partial charge in [-0.05, 0) is 31.0 Å². The molecular weight excluding hydrogens is 426 g/mol. The number of aromatic nitrogens is 3. The van der Waals surface area contributed by atoms with Gasteiger partial charge in [0.1, 0.15) is 11.4 Å². The number of carbonyl (C=O) groups is 1. The number of anilines is 1. The molecule has 0 aliphatic rings. The topological polar surface area (TPSA) is 146 Å². The number of nitrogens with one attached hydrogen (secondary N) is 1. The summed E-state index contributed by atoms with van der Waals surface area (Å²) in [6.45, 7) is 2.05. The Hall–Kier alpha value is -2.76. The highest BCUT2D eigenvalue weighted by molar-refractivity contribution is 5.97. The van der Waals surface area contributed by atoms with Gasteiger partial charge in [-0.25, -0.2) is 28.2 Å². The van der Waals surface area contributed by atoms with E-state index in [-0.39, 0.29) is 5.91 Å². The van der Waals surface area contributed by atoms with E-state index in [0.717, 1.165) is 29.9 Å². The monoisotopic (exact) mass is 451 g/mol. The molecule has 3 rings (SSSR count). The van der Waals surface area contributed by atoms with Crippen molar-refractivity contribution in [1.29, 1.82) is 0 Å². The molecule has 168 valence electrons. The molecule has 0 saturated heterocycles. The Morgan fingerprint density at radius 1 is 1.16 bits per heavy atom. The number of carbonyl (C=O) groups excluding carboxylic acids is 1. The molecule has 2 heterocycles. The van der Waals surface area contributed by atoms with Gasteiger partial charge in [0.05, 0.1) is 7.05 Å². The summed E-state index contributed by atoms with van der Waals surface area (Å²) in [6.07, 6.45) is 3.55. The molecule has 0 aliphatic heterocycles. The van der Waals surface area contributed by atoms with Crippen molar-refractivity contribution in [3.05, 3.63) is 59.3 Å². The first-order valence-corrected chi connectivity index (χ1v) is 10.6. The number of nitrogens with zero attached hydrogens (tertiary/aromatic N) is 4. The van der Waals surface area contributed by atoms with Crippen LogP contribution in [0.1, 0.15) is 27.4 Å². The maximum absolute atomic E-state index is 12.1. The fraction of sp³-hybridized carbons (Fsp3) is 0.350. The molecule has 3 aromatic rings. The normalized spacial score (nSPS) is 11.1. The summed E-state index contributed by atoms with van der Waals surface area (Å²) in [5.41, 5.74) is 6.01. The Labute approximate surface area is 182 Å². The van der Waals surface area contributed by atoms with E-state index in [4.69, 9.17) is 18.6 Å². The highest BCUT2D eigenvalue weighted by atomic mass is 35.7. The summed E-state index contributed by atoms with van der Waals surface area (Å²) in [5.74, 6) is -0.168. The van der Waals surface area contributed by atoms with E-state index in [2.05, 4.69) is 52.5 Å². The van der Waals surface area contributed by atoms with Gasteiger partial charge >= 0.3 is 5.65 Å². The molecule has 0 fully saturated rings. The zero-order valence-corrected chi connectivity index (χ0v) is 18.8. The Morgan fingerprint density at radius 2 is 1.74 bits per heavy atom. The van der Waals surface area contributed by atoms with Crippen LogP contribution in [0.3, 0.4) is 0 Å². The molecule has 1 aromatic carbocycles. The molecule has 31 heavy (non-hydrogen) atoms. The lowest BCUT2D eigenvalue weighted by atomic mass is 10.1. The van der Waals surface area contributed by atoms with Crippen molar-refractivity contribution in [2.24, 2.45) is 7.05 Å². The van der Waals surface area contributed by atoms with E-state index in [1.807, 2.05) is 30.1 Å². The Morgan fingerprint density at radius 3 is 2.26 bits per heavy atom. The molecule has 0 spiro atoms. The van der Waals surface area contributed by atoms with Crippen LogP contribution in [0.5, 0.6) is 0 Å². The van der Waals surface area contributed by atoms with Crippen molar-refractivity contribution in [3.63, 3.8) is 0 Å². The zero-order valence-electron chi connectivity index (χ0n) is 18.1. The minimum absolute atomic E-state index is 0.168. The van der Waals surface area contributed by atoms with E-state index in [0.29, 0.717) is 5.69 Å². The van der Waals surface area contributed by atoms with Crippen molar-refractivity contribution in [1.82, 2.24) is 14.7 Å². The molecular formula is C20H26ClN5O5. The van der Waals surface area contributed by atoms with Gasteiger partial charge in [0.15, 0.2) is 6.33 Å². The molecule has 1 amide bonds. The summed E-state index contributed by atoms with van der Waals surface area (Å²) in [5, 5.41) is 2.67. The molecule has 0 atom stereocenters. The smallest absolute Gasteiger partial charge is 0.319 e. The zero-order chi connectivity index (χ0) is 23.3. The summed E-state index contributed by atoms with van der Waals surface area (Å²) in [7, 11) is 2.73. The summed E-state index contributed by atoms with van der Waals surface area (Å²) >= 11 is 0. The second-order valence-electron chi connectivity index (χ2n) is 7.14. The van der Waals surface area contributed by atoms with Gasteiger partial charge in [-0.2, -0.15) is 4.40 Å². The van der Waals surface area contributed by atoms with Crippen LogP contribution >= 0.6 is 0 Å². The first kappa shape index (κ1) is 24.5. The van der Waals surface area contributed by atoms with Gasteiger partial charge in [0.25, 0.3) is 5.91 Å². The molecule has 11 heteroatoms. The first-order chi connectivity index (χ1) is 14.4. The third-order valence-corrected chi connectivity index (χ3v) is 4.84. The Bertz CT molecular complexity index is 1040. The molecule has 0 unspecified atom stereocenters. The fourth-order valence-corrected chi connectivity index (χ4v) is 3.15. The molecule has 0 aliphatic carbocycles. The molecule has 0 radical (unpaired) electrons. The van der Waals surface area contributed by atoms with Crippen LogP contribution in [0.4, 0.5) is 5.69 Å². The number of hydrogen-bond donors (Lipinski definition) is 1. The van der Waals surface area contributed by atoms with Gasteiger partial charge in [0.2, 0.25) is 5.69 Å². The number of imidazole rings is 1. The minimum Gasteiger partial charge on any atom is -0.378 e. The Kier molecular flexibility index (Phi) is 7.93. The van der Waals surface area contributed by atoms with Crippen molar-refractivity contribution in [3.8, 4) is 0 Å². The molecule has 10 nitrogen and oxygen atoms in total. The van der Waals surface area contributed by atoms with E-state index in [9.17, 15) is 4.79 Å². The van der Waals surface area contributed by atoms with Gasteiger partial charge in [0, 0.05) is 39.3 Å². The lowest BCUT2D eigenvalue weighted by Gasteiger charge is -2.17. The predicted octanol–water partition coefficient (Wildman–Crippen LogP) is -3.08. The first-order valence-electron chi connectivity index (χ1n) is 9.38. The van der Waals surface area contributed by atoms with E-state index in [1.54, 1.807) is 13.4 Å². The second kappa shape index (κ2) is 10.0. The van der Waals surface area contributed by atoms with Gasteiger partial charge in [-0.15, -0.1) is 10.2 Å². The lowest BCUT2D eigenvalue weighted by Crippen LogP contribution is -2.68. The van der Waals surface area contributed by atoms with E-state index >= 15 is 0 Å². The number of hydrogen-bond acceptors (Lipinski definition) is 7. The summed E-state index contributed by atoms with van der Waals surface area (Å²) < 4.78 is 38.0. The molecule has 2 aromatic heterocycles. The Balaban J connectivity index is 0.000000614. The van der Waals surface area contributed by atoms with Crippen LogP contribution in [0, 0.1) is 17.2 Å². The van der Waals surface area contributed by atoms with E-state index < -0.39 is 10.2 Å².